The number of benzene rings is 8. The van der Waals surface area contributed by atoms with Crippen LogP contribution in [0.15, 0.2) is 157 Å². The van der Waals surface area contributed by atoms with Crippen molar-refractivity contribution < 1.29 is 9.47 Å². The molecule has 2 N–H and O–H groups in total. The average molecular weight is 1610 g/mol. The van der Waals surface area contributed by atoms with Gasteiger partial charge in [-0.1, -0.05) is 323 Å². The monoisotopic (exact) mass is 1610 g/mol. The maximum atomic E-state index is 7.43. The van der Waals surface area contributed by atoms with E-state index in [1.807, 2.05) is 22.7 Å². The number of H-pyrrole nitrogens is 1. The Bertz CT molecular complexity index is 5620. The van der Waals surface area contributed by atoms with Gasteiger partial charge in [-0.25, -0.2) is 0 Å². The summed E-state index contributed by atoms with van der Waals surface area (Å²) in [4.78, 5) is 9.48. The number of allylic oxidation sites excluding steroid dienone is 3. The second-order valence-corrected chi connectivity index (χ2v) is 45.9. The molecule has 2 aliphatic heterocycles. The van der Waals surface area contributed by atoms with Crippen molar-refractivity contribution in [3.05, 3.63) is 229 Å². The quantitative estimate of drug-likeness (QED) is 0.0705. The minimum absolute atomic E-state index is 0.0824. The Morgan fingerprint density at radius 3 is 1.11 bits per heavy atom. The zero-order chi connectivity index (χ0) is 84.5. The molecule has 0 amide bonds. The highest BCUT2D eigenvalue weighted by Crippen LogP contribution is 2.63. The van der Waals surface area contributed by atoms with E-state index in [1.54, 1.807) is 0 Å². The summed E-state index contributed by atoms with van der Waals surface area (Å²) in [6.07, 6.45) is 19.5. The predicted molar refractivity (Wildman–Crippen MR) is 517 cm³/mol. The topological polar surface area (TPSA) is 46.3 Å². The van der Waals surface area contributed by atoms with Crippen LogP contribution in [0.5, 0.6) is 11.5 Å². The summed E-state index contributed by atoms with van der Waals surface area (Å²) in [5.41, 5.74) is 34.3. The Labute approximate surface area is 718 Å². The maximum Gasteiger partial charge on any atom is 0.130 e. The number of fused-ring (bicyclic) bond motifs is 8. The molecule has 3 aromatic heterocycles. The van der Waals surface area contributed by atoms with Crippen LogP contribution >= 0.6 is 22.7 Å². The van der Waals surface area contributed by atoms with E-state index in [-0.39, 0.29) is 55.3 Å². The molecule has 8 aromatic carbocycles. The van der Waals surface area contributed by atoms with Gasteiger partial charge in [-0.2, -0.15) is 0 Å². The minimum Gasteiger partial charge on any atom is -0.493 e. The number of aromatic nitrogens is 1. The molecule has 4 nitrogen and oxygen atoms in total. The number of nitrogens with one attached hydrogen (secondary N) is 2. The van der Waals surface area contributed by atoms with Crippen LogP contribution in [0.1, 0.15) is 335 Å². The van der Waals surface area contributed by atoms with Crippen LogP contribution in [-0.4, -0.2) is 24.2 Å². The number of hydrogen-bond acceptors (Lipinski definition) is 5. The third-order valence-corrected chi connectivity index (χ3v) is 28.4. The standard InChI is InChI=1S/C112H136N2O2S2/c1-27-29-31-33-35-37-44-115-92-40-39-41-93(116-45-38-36-34-32-30-28-2)98(92)91-60-74-61-96-90-59-72(69-50-79(109(15,16)17)64-80(51-69)110(18,19)20)55-85-84-54-70(67-46-75(105(3,4)5)62-76(47-67)106(6,7)8)57-88(100(84)113-102(85)90)94-42-43-95(117-94)89-58-71(68-48-77(107(9,10)11)63-78(49-68)108(12,13)14)56-86-87-66-83(97(91)99(104(74)118-96)103(87)114-101(86)89)73-52-81(111(21,22)23)65-82(53-73)112(24,25)26/h39-43,46-66,99,103,113-114H,27-38,44-45H2,1-26H3. The van der Waals surface area contributed by atoms with Gasteiger partial charge in [-0.3, -0.25) is 0 Å². The van der Waals surface area contributed by atoms with Gasteiger partial charge in [0.2, 0.25) is 0 Å². The van der Waals surface area contributed by atoms with Crippen LogP contribution in [0.25, 0.3) is 109 Å². The van der Waals surface area contributed by atoms with Crippen molar-refractivity contribution in [1.82, 2.24) is 4.98 Å². The highest BCUT2D eigenvalue weighted by atomic mass is 32.1. The number of aromatic amines is 1. The molecule has 2 aliphatic carbocycles. The lowest BCUT2D eigenvalue weighted by atomic mass is 9.68. The van der Waals surface area contributed by atoms with Crippen LogP contribution in [-0.2, 0) is 43.3 Å². The Balaban J connectivity index is 1.11. The SMILES string of the molecule is CCCCCCCCOc1cccc(OCCCCCCCC)c1C1=Cc2cc3sc2C2C1=C(c1cc(C(C)(C)C)cc(C(C)(C)C)c1)C=C1c4cc(-c5cc(C(C)(C)C)cc(C(C)(C)C)c5)cc(c4NC12)-c1ccc(s1)-c1cc(-c2cc(C(C)(C)C)cc(C(C)(C)C)c2)cc2c1[nH]c1c-3cc(-c3cc(C(C)(C)C)cc(C(C)(C)C)c3)cc12. The van der Waals surface area contributed by atoms with E-state index in [9.17, 15) is 0 Å². The Morgan fingerprint density at radius 2 is 0.695 bits per heavy atom. The number of anilines is 1. The van der Waals surface area contributed by atoms with Gasteiger partial charge in [-0.05, 0) is 246 Å². The molecular formula is C112H136N2O2S2. The summed E-state index contributed by atoms with van der Waals surface area (Å²) in [5, 5.41) is 7.09. The first kappa shape index (κ1) is 84.6. The van der Waals surface area contributed by atoms with Gasteiger partial charge in [0.1, 0.15) is 11.5 Å². The third kappa shape index (κ3) is 16.9. The van der Waals surface area contributed by atoms with E-state index < -0.39 is 0 Å². The van der Waals surface area contributed by atoms with Gasteiger partial charge in [0.25, 0.3) is 0 Å². The van der Waals surface area contributed by atoms with Crippen molar-refractivity contribution in [3.8, 4) is 76.2 Å². The fraction of sp³-hybridized carbons (Fsp3) is 0.446. The van der Waals surface area contributed by atoms with E-state index >= 15 is 0 Å². The van der Waals surface area contributed by atoms with Crippen molar-refractivity contribution in [2.75, 3.05) is 18.5 Å². The first-order valence-corrected chi connectivity index (χ1v) is 46.6. The van der Waals surface area contributed by atoms with Crippen LogP contribution < -0.4 is 14.8 Å². The van der Waals surface area contributed by atoms with Crippen molar-refractivity contribution in [2.45, 2.75) is 312 Å². The van der Waals surface area contributed by atoms with Crippen LogP contribution in [0.4, 0.5) is 5.69 Å². The molecular weight excluding hydrogens is 1470 g/mol. The normalized spacial score (nSPS) is 15.6. The van der Waals surface area contributed by atoms with Crippen molar-refractivity contribution in [3.63, 3.8) is 0 Å². The first-order valence-electron chi connectivity index (χ1n) is 45.0. The fourth-order valence-corrected chi connectivity index (χ4v) is 20.6. The average Bonchev–Trinajstić information content (AvgIpc) is 1.51. The number of ether oxygens (including phenoxy) is 2. The zero-order valence-electron chi connectivity index (χ0n) is 76.7. The predicted octanol–water partition coefficient (Wildman–Crippen LogP) is 33.6. The van der Waals surface area contributed by atoms with Crippen molar-refractivity contribution >= 4 is 73.0 Å². The summed E-state index contributed by atoms with van der Waals surface area (Å²) in [6, 6.07) is 59.5. The van der Waals surface area contributed by atoms with E-state index in [4.69, 9.17) is 9.47 Å². The lowest BCUT2D eigenvalue weighted by Gasteiger charge is -2.38. The second-order valence-electron chi connectivity index (χ2n) is 43.7. The molecule has 8 bridgehead atoms. The Hall–Kier alpha value is -8.42. The molecule has 118 heavy (non-hydrogen) atoms. The smallest absolute Gasteiger partial charge is 0.130 e. The van der Waals surface area contributed by atoms with E-state index in [1.165, 1.54) is 221 Å². The van der Waals surface area contributed by atoms with E-state index in [0.717, 1.165) is 53.8 Å². The molecule has 0 saturated carbocycles. The minimum atomic E-state index is -0.180. The molecule has 2 atom stereocenters. The summed E-state index contributed by atoms with van der Waals surface area (Å²) >= 11 is 3.95. The molecule has 618 valence electrons. The molecule has 0 fully saturated rings. The molecule has 6 heteroatoms. The van der Waals surface area contributed by atoms with Gasteiger partial charge < -0.3 is 19.8 Å². The first-order chi connectivity index (χ1) is 55.4. The molecule has 5 heterocycles. The maximum absolute atomic E-state index is 7.43. The highest BCUT2D eigenvalue weighted by Gasteiger charge is 2.47. The molecule has 11 aromatic rings. The third-order valence-electron chi connectivity index (χ3n) is 25.9. The second kappa shape index (κ2) is 31.5. The molecule has 15 rings (SSSR count). The van der Waals surface area contributed by atoms with Crippen LogP contribution in [0, 0.1) is 0 Å². The number of thiophene rings is 2. The fourth-order valence-electron chi connectivity index (χ4n) is 18.2. The number of hydrogen-bond donors (Lipinski definition) is 2. The number of unbranched alkanes of at least 4 members (excludes halogenated alkanes) is 10. The van der Waals surface area contributed by atoms with Gasteiger partial charge in [0, 0.05) is 58.5 Å². The summed E-state index contributed by atoms with van der Waals surface area (Å²) in [5.74, 6) is 1.60. The molecule has 0 spiro atoms. The van der Waals surface area contributed by atoms with Crippen LogP contribution in [0.2, 0.25) is 0 Å². The summed E-state index contributed by atoms with van der Waals surface area (Å²) in [6.45, 7) is 63.0. The van der Waals surface area contributed by atoms with Gasteiger partial charge in [0.15, 0.2) is 0 Å². The van der Waals surface area contributed by atoms with Crippen molar-refractivity contribution in [1.29, 1.82) is 0 Å². The number of rotatable bonds is 21. The van der Waals surface area contributed by atoms with Gasteiger partial charge >= 0.3 is 0 Å². The van der Waals surface area contributed by atoms with E-state index in [0.29, 0.717) is 13.2 Å². The van der Waals surface area contributed by atoms with Gasteiger partial charge in [0.05, 0.1) is 41.5 Å². The zero-order valence-corrected chi connectivity index (χ0v) is 78.3. The largest absolute Gasteiger partial charge is 0.493 e. The molecule has 4 aliphatic rings. The molecule has 0 radical (unpaired) electrons. The lowest BCUT2D eigenvalue weighted by molar-refractivity contribution is 0.288. The molecule has 0 saturated heterocycles. The molecule has 2 unspecified atom stereocenters. The van der Waals surface area contributed by atoms with Gasteiger partial charge in [-0.15, -0.1) is 22.7 Å². The van der Waals surface area contributed by atoms with Crippen LogP contribution in [0.3, 0.4) is 0 Å². The Kier molecular flexibility index (Phi) is 22.6. The lowest BCUT2D eigenvalue weighted by Crippen LogP contribution is -2.31. The Morgan fingerprint density at radius 1 is 0.339 bits per heavy atom. The van der Waals surface area contributed by atoms with Crippen molar-refractivity contribution in [2.24, 2.45) is 0 Å². The summed E-state index contributed by atoms with van der Waals surface area (Å²) in [7, 11) is 0. The highest BCUT2D eigenvalue weighted by molar-refractivity contribution is 7.19. The summed E-state index contributed by atoms with van der Waals surface area (Å²) < 4.78 is 14.9. The van der Waals surface area contributed by atoms with E-state index in [2.05, 4.69) is 348 Å².